The van der Waals surface area contributed by atoms with Crippen molar-refractivity contribution in [3.05, 3.63) is 71.5 Å². The van der Waals surface area contributed by atoms with Crippen LogP contribution in [0.15, 0.2) is 54.6 Å². The Hall–Kier alpha value is -1.71. The van der Waals surface area contributed by atoms with Crippen LogP contribution in [0.1, 0.15) is 24.1 Å². The Morgan fingerprint density at radius 2 is 1.68 bits per heavy atom. The molecule has 2 atom stereocenters. The number of halogens is 1. The van der Waals surface area contributed by atoms with Crippen LogP contribution in [0.2, 0.25) is 0 Å². The lowest BCUT2D eigenvalue weighted by Gasteiger charge is -2.21. The van der Waals surface area contributed by atoms with Gasteiger partial charge in [0.2, 0.25) is 0 Å². The van der Waals surface area contributed by atoms with Gasteiger partial charge in [0.25, 0.3) is 0 Å². The molecule has 0 aliphatic rings. The Labute approximate surface area is 113 Å². The molecule has 0 aliphatic heterocycles. The molecule has 0 spiro atoms. The molecule has 2 nitrogen and oxygen atoms in total. The molecule has 0 unspecified atom stereocenters. The van der Waals surface area contributed by atoms with Crippen molar-refractivity contribution in [1.29, 1.82) is 0 Å². The molecular formula is C16H18FNO. The summed E-state index contributed by atoms with van der Waals surface area (Å²) in [7, 11) is 0. The SMILES string of the molecule is C[C@H](OCc1ccccc1)[C@H](N)c1ccc(F)cc1. The highest BCUT2D eigenvalue weighted by Gasteiger charge is 2.15. The summed E-state index contributed by atoms with van der Waals surface area (Å²) >= 11 is 0. The summed E-state index contributed by atoms with van der Waals surface area (Å²) in [5, 5.41) is 0. The molecule has 0 aliphatic carbocycles. The van der Waals surface area contributed by atoms with Gasteiger partial charge in [-0.05, 0) is 30.2 Å². The summed E-state index contributed by atoms with van der Waals surface area (Å²) in [5.74, 6) is -0.256. The minimum atomic E-state index is -0.260. The summed E-state index contributed by atoms with van der Waals surface area (Å²) in [6.45, 7) is 2.45. The average molecular weight is 259 g/mol. The summed E-state index contributed by atoms with van der Waals surface area (Å²) in [6.07, 6.45) is -0.134. The van der Waals surface area contributed by atoms with E-state index in [2.05, 4.69) is 0 Å². The number of benzene rings is 2. The zero-order chi connectivity index (χ0) is 13.7. The summed E-state index contributed by atoms with van der Waals surface area (Å²) in [6, 6.07) is 15.9. The first-order valence-electron chi connectivity index (χ1n) is 6.33. The van der Waals surface area contributed by atoms with Crippen LogP contribution in [0.4, 0.5) is 4.39 Å². The maximum atomic E-state index is 12.8. The summed E-state index contributed by atoms with van der Waals surface area (Å²) in [5.41, 5.74) is 8.09. The fourth-order valence-electron chi connectivity index (χ4n) is 1.86. The number of rotatable bonds is 5. The van der Waals surface area contributed by atoms with E-state index in [4.69, 9.17) is 10.5 Å². The van der Waals surface area contributed by atoms with Crippen LogP contribution in [0.5, 0.6) is 0 Å². The fraction of sp³-hybridized carbons (Fsp3) is 0.250. The van der Waals surface area contributed by atoms with Crippen molar-refractivity contribution in [2.75, 3.05) is 0 Å². The van der Waals surface area contributed by atoms with Crippen LogP contribution >= 0.6 is 0 Å². The number of hydrogen-bond acceptors (Lipinski definition) is 2. The Balaban J connectivity index is 1.92. The molecule has 0 amide bonds. The third kappa shape index (κ3) is 3.88. The van der Waals surface area contributed by atoms with Gasteiger partial charge >= 0.3 is 0 Å². The molecule has 100 valence electrons. The van der Waals surface area contributed by atoms with Gasteiger partial charge in [0.15, 0.2) is 0 Å². The molecule has 19 heavy (non-hydrogen) atoms. The number of nitrogens with two attached hydrogens (primary N) is 1. The van der Waals surface area contributed by atoms with E-state index in [0.717, 1.165) is 11.1 Å². The second-order valence-corrected chi connectivity index (χ2v) is 4.58. The molecule has 2 N–H and O–H groups in total. The van der Waals surface area contributed by atoms with Gasteiger partial charge < -0.3 is 10.5 Å². The monoisotopic (exact) mass is 259 g/mol. The number of hydrogen-bond donors (Lipinski definition) is 1. The Morgan fingerprint density at radius 1 is 1.05 bits per heavy atom. The second-order valence-electron chi connectivity index (χ2n) is 4.58. The molecule has 0 saturated heterocycles. The van der Waals surface area contributed by atoms with Crippen molar-refractivity contribution >= 4 is 0 Å². The normalized spacial score (nSPS) is 14.1. The molecule has 3 heteroatoms. The standard InChI is InChI=1S/C16H18FNO/c1-12(19-11-13-5-3-2-4-6-13)16(18)14-7-9-15(17)10-8-14/h2-10,12,16H,11,18H2,1H3/t12-,16-/m0/s1. The van der Waals surface area contributed by atoms with Gasteiger partial charge in [0.1, 0.15) is 5.82 Å². The highest BCUT2D eigenvalue weighted by Crippen LogP contribution is 2.18. The van der Waals surface area contributed by atoms with Crippen LogP contribution < -0.4 is 5.73 Å². The maximum absolute atomic E-state index is 12.8. The predicted octanol–water partition coefficient (Wildman–Crippen LogP) is 3.43. The van der Waals surface area contributed by atoms with Crippen LogP contribution in [-0.2, 0) is 11.3 Å². The van der Waals surface area contributed by atoms with Gasteiger partial charge in [-0.1, -0.05) is 42.5 Å². The van der Waals surface area contributed by atoms with E-state index in [1.54, 1.807) is 12.1 Å². The van der Waals surface area contributed by atoms with Crippen LogP contribution in [-0.4, -0.2) is 6.10 Å². The van der Waals surface area contributed by atoms with Gasteiger partial charge in [-0.25, -0.2) is 4.39 Å². The predicted molar refractivity (Wildman–Crippen MR) is 74.0 cm³/mol. The van der Waals surface area contributed by atoms with Crippen molar-refractivity contribution < 1.29 is 9.13 Å². The lowest BCUT2D eigenvalue weighted by molar-refractivity contribution is 0.0357. The van der Waals surface area contributed by atoms with Crippen LogP contribution in [0, 0.1) is 5.82 Å². The number of ether oxygens (including phenoxy) is 1. The van der Waals surface area contributed by atoms with Gasteiger partial charge in [-0.15, -0.1) is 0 Å². The second kappa shape index (κ2) is 6.45. The lowest BCUT2D eigenvalue weighted by atomic mass is 10.0. The first-order chi connectivity index (χ1) is 9.16. The first kappa shape index (κ1) is 13.7. The van der Waals surface area contributed by atoms with E-state index in [0.29, 0.717) is 6.61 Å². The van der Waals surface area contributed by atoms with Crippen LogP contribution in [0.3, 0.4) is 0 Å². The smallest absolute Gasteiger partial charge is 0.123 e. The molecule has 2 aromatic rings. The highest BCUT2D eigenvalue weighted by atomic mass is 19.1. The maximum Gasteiger partial charge on any atom is 0.123 e. The third-order valence-electron chi connectivity index (χ3n) is 3.12. The molecule has 0 radical (unpaired) electrons. The third-order valence-corrected chi connectivity index (χ3v) is 3.12. The Morgan fingerprint density at radius 3 is 2.32 bits per heavy atom. The largest absolute Gasteiger partial charge is 0.372 e. The van der Waals surface area contributed by atoms with E-state index in [1.807, 2.05) is 37.3 Å². The van der Waals surface area contributed by atoms with Gasteiger partial charge in [-0.3, -0.25) is 0 Å². The molecule has 0 bridgehead atoms. The summed E-state index contributed by atoms with van der Waals surface area (Å²) < 4.78 is 18.6. The lowest BCUT2D eigenvalue weighted by Crippen LogP contribution is -2.26. The van der Waals surface area contributed by atoms with E-state index in [9.17, 15) is 4.39 Å². The van der Waals surface area contributed by atoms with E-state index < -0.39 is 0 Å². The minimum Gasteiger partial charge on any atom is -0.372 e. The Bertz CT molecular complexity index is 498. The molecule has 0 fully saturated rings. The zero-order valence-corrected chi connectivity index (χ0v) is 10.9. The summed E-state index contributed by atoms with van der Waals surface area (Å²) in [4.78, 5) is 0. The van der Waals surface area contributed by atoms with Crippen molar-refractivity contribution in [1.82, 2.24) is 0 Å². The van der Waals surface area contributed by atoms with Crippen LogP contribution in [0.25, 0.3) is 0 Å². The molecule has 0 heterocycles. The van der Waals surface area contributed by atoms with E-state index >= 15 is 0 Å². The topological polar surface area (TPSA) is 35.2 Å². The highest BCUT2D eigenvalue weighted by molar-refractivity contribution is 5.20. The molecular weight excluding hydrogens is 241 g/mol. The van der Waals surface area contributed by atoms with E-state index in [1.165, 1.54) is 12.1 Å². The minimum absolute atomic E-state index is 0.134. The first-order valence-corrected chi connectivity index (χ1v) is 6.33. The molecule has 2 rings (SSSR count). The Kier molecular flexibility index (Phi) is 4.66. The van der Waals surface area contributed by atoms with Crippen molar-refractivity contribution in [3.8, 4) is 0 Å². The van der Waals surface area contributed by atoms with Gasteiger partial charge in [0.05, 0.1) is 18.8 Å². The van der Waals surface area contributed by atoms with Gasteiger partial charge in [0, 0.05) is 0 Å². The van der Waals surface area contributed by atoms with Crippen molar-refractivity contribution in [2.45, 2.75) is 25.7 Å². The van der Waals surface area contributed by atoms with E-state index in [-0.39, 0.29) is 18.0 Å². The van der Waals surface area contributed by atoms with Gasteiger partial charge in [-0.2, -0.15) is 0 Å². The zero-order valence-electron chi connectivity index (χ0n) is 10.9. The fourth-order valence-corrected chi connectivity index (χ4v) is 1.86. The van der Waals surface area contributed by atoms with Crippen molar-refractivity contribution in [3.63, 3.8) is 0 Å². The molecule has 2 aromatic carbocycles. The molecule has 0 saturated carbocycles. The molecule has 0 aromatic heterocycles. The quantitative estimate of drug-likeness (QED) is 0.892. The average Bonchev–Trinajstić information content (AvgIpc) is 2.46. The van der Waals surface area contributed by atoms with Crippen molar-refractivity contribution in [2.24, 2.45) is 5.73 Å².